The molecule has 2 atom stereocenters. The molecular weight excluding hydrogens is 224 g/mol. The van der Waals surface area contributed by atoms with Gasteiger partial charge in [-0.3, -0.25) is 0 Å². The van der Waals surface area contributed by atoms with Crippen LogP contribution < -0.4 is 0 Å². The van der Waals surface area contributed by atoms with Gasteiger partial charge in [0, 0.05) is 5.41 Å². The number of fused-ring (bicyclic) bond motifs is 1. The van der Waals surface area contributed by atoms with Gasteiger partial charge in [0.05, 0.1) is 12.2 Å². The molecule has 0 heterocycles. The number of benzene rings is 2. The maximum atomic E-state index is 10.2. The second-order valence-corrected chi connectivity index (χ2v) is 5.45. The van der Waals surface area contributed by atoms with Gasteiger partial charge in [0.2, 0.25) is 0 Å². The van der Waals surface area contributed by atoms with Crippen LogP contribution in [0, 0.1) is 0 Å². The summed E-state index contributed by atoms with van der Waals surface area (Å²) in [6, 6.07) is 14.3. The summed E-state index contributed by atoms with van der Waals surface area (Å²) < 4.78 is 0. The Hall–Kier alpha value is -1.38. The Bertz CT molecular complexity index is 566. The van der Waals surface area contributed by atoms with E-state index in [4.69, 9.17) is 0 Å². The predicted octanol–water partition coefficient (Wildman–Crippen LogP) is 2.61. The normalized spacial score (nSPS) is 26.6. The van der Waals surface area contributed by atoms with Gasteiger partial charge in [-0.05, 0) is 29.2 Å². The molecule has 18 heavy (non-hydrogen) atoms. The molecule has 2 N–H and O–H groups in total. The fourth-order valence-electron chi connectivity index (χ4n) is 3.05. The number of aliphatic hydroxyl groups excluding tert-OH is 2. The quantitative estimate of drug-likeness (QED) is 0.807. The Labute approximate surface area is 107 Å². The largest absolute Gasteiger partial charge is 0.392 e. The molecular formula is C16H18O2. The summed E-state index contributed by atoms with van der Waals surface area (Å²) in [4.78, 5) is 0. The van der Waals surface area contributed by atoms with Crippen LogP contribution in [0.1, 0.15) is 25.3 Å². The lowest BCUT2D eigenvalue weighted by Crippen LogP contribution is -2.40. The molecule has 3 rings (SSSR count). The second kappa shape index (κ2) is 4.08. The maximum absolute atomic E-state index is 10.2. The molecule has 0 saturated heterocycles. The summed E-state index contributed by atoms with van der Waals surface area (Å²) >= 11 is 0. The molecule has 1 fully saturated rings. The van der Waals surface area contributed by atoms with E-state index < -0.39 is 17.6 Å². The van der Waals surface area contributed by atoms with Crippen LogP contribution in [0.15, 0.2) is 42.5 Å². The molecule has 0 bridgehead atoms. The van der Waals surface area contributed by atoms with E-state index in [2.05, 4.69) is 24.3 Å². The van der Waals surface area contributed by atoms with Gasteiger partial charge in [0.25, 0.3) is 0 Å². The molecule has 2 nitrogen and oxygen atoms in total. The van der Waals surface area contributed by atoms with E-state index in [1.807, 2.05) is 25.1 Å². The van der Waals surface area contributed by atoms with E-state index >= 15 is 0 Å². The minimum Gasteiger partial charge on any atom is -0.392 e. The zero-order valence-corrected chi connectivity index (χ0v) is 10.5. The summed E-state index contributed by atoms with van der Waals surface area (Å²) in [5, 5.41) is 22.7. The molecule has 1 aliphatic carbocycles. The van der Waals surface area contributed by atoms with Crippen LogP contribution in [0.4, 0.5) is 0 Å². The van der Waals surface area contributed by atoms with Gasteiger partial charge in [-0.15, -0.1) is 0 Å². The van der Waals surface area contributed by atoms with Crippen molar-refractivity contribution in [1.29, 1.82) is 0 Å². The van der Waals surface area contributed by atoms with Crippen LogP contribution in [-0.4, -0.2) is 22.4 Å². The van der Waals surface area contributed by atoms with Crippen LogP contribution in [0.25, 0.3) is 10.8 Å². The number of rotatable bonds is 1. The third kappa shape index (κ3) is 1.57. The molecule has 0 spiro atoms. The van der Waals surface area contributed by atoms with Gasteiger partial charge in [-0.2, -0.15) is 0 Å². The fraction of sp³-hybridized carbons (Fsp3) is 0.375. The third-order valence-corrected chi connectivity index (χ3v) is 4.47. The average molecular weight is 242 g/mol. The van der Waals surface area contributed by atoms with Crippen LogP contribution in [0.3, 0.4) is 0 Å². The zero-order valence-electron chi connectivity index (χ0n) is 10.5. The van der Waals surface area contributed by atoms with Crippen LogP contribution in [0.5, 0.6) is 0 Å². The first-order valence-corrected chi connectivity index (χ1v) is 6.48. The number of hydrogen-bond acceptors (Lipinski definition) is 2. The molecule has 1 saturated carbocycles. The molecule has 0 aromatic heterocycles. The smallest absolute Gasteiger partial charge is 0.0660 e. The SMILES string of the molecule is CC1(c2ccc3ccccc3c2)[C@@H](O)CC[C@@H]1O. The molecule has 0 radical (unpaired) electrons. The van der Waals surface area contributed by atoms with Crippen molar-refractivity contribution >= 4 is 10.8 Å². The highest BCUT2D eigenvalue weighted by Crippen LogP contribution is 2.41. The number of aliphatic hydroxyl groups is 2. The van der Waals surface area contributed by atoms with Crippen LogP contribution in [0.2, 0.25) is 0 Å². The minimum absolute atomic E-state index is 0.464. The summed E-state index contributed by atoms with van der Waals surface area (Å²) in [7, 11) is 0. The first-order valence-electron chi connectivity index (χ1n) is 6.48. The Morgan fingerprint density at radius 3 is 2.22 bits per heavy atom. The van der Waals surface area contributed by atoms with Crippen LogP contribution in [-0.2, 0) is 5.41 Å². The average Bonchev–Trinajstić information content (AvgIpc) is 2.67. The first-order chi connectivity index (χ1) is 8.62. The zero-order chi connectivity index (χ0) is 12.8. The first kappa shape index (κ1) is 11.7. The lowest BCUT2D eigenvalue weighted by atomic mass is 9.77. The van der Waals surface area contributed by atoms with Crippen molar-refractivity contribution in [3.8, 4) is 0 Å². The molecule has 94 valence electrons. The maximum Gasteiger partial charge on any atom is 0.0660 e. The predicted molar refractivity (Wildman–Crippen MR) is 72.5 cm³/mol. The highest BCUT2D eigenvalue weighted by molar-refractivity contribution is 5.83. The standard InChI is InChI=1S/C16H18O2/c1-16(14(17)8-9-15(16)18)13-7-6-11-4-2-3-5-12(11)10-13/h2-7,10,14-15,17-18H,8-9H2,1H3/t14-,15-/m0/s1. The van der Waals surface area contributed by atoms with Gasteiger partial charge in [-0.25, -0.2) is 0 Å². The molecule has 0 amide bonds. The van der Waals surface area contributed by atoms with Crippen molar-refractivity contribution in [2.24, 2.45) is 0 Å². The second-order valence-electron chi connectivity index (χ2n) is 5.45. The summed E-state index contributed by atoms with van der Waals surface area (Å²) in [6.07, 6.45) is 0.414. The van der Waals surface area contributed by atoms with E-state index in [-0.39, 0.29) is 0 Å². The van der Waals surface area contributed by atoms with E-state index in [0.29, 0.717) is 12.8 Å². The molecule has 1 aliphatic rings. The Balaban J connectivity index is 2.14. The minimum atomic E-state index is -0.538. The molecule has 2 heteroatoms. The lowest BCUT2D eigenvalue weighted by Gasteiger charge is -2.32. The molecule has 2 aromatic carbocycles. The highest BCUT2D eigenvalue weighted by Gasteiger charge is 2.46. The van der Waals surface area contributed by atoms with E-state index in [1.54, 1.807) is 0 Å². The monoisotopic (exact) mass is 242 g/mol. The lowest BCUT2D eigenvalue weighted by molar-refractivity contribution is 0.0457. The van der Waals surface area contributed by atoms with Crippen molar-refractivity contribution in [2.45, 2.75) is 37.4 Å². The van der Waals surface area contributed by atoms with Crippen molar-refractivity contribution in [3.63, 3.8) is 0 Å². The molecule has 0 aliphatic heterocycles. The highest BCUT2D eigenvalue weighted by atomic mass is 16.3. The fourth-order valence-corrected chi connectivity index (χ4v) is 3.05. The Morgan fingerprint density at radius 2 is 1.56 bits per heavy atom. The van der Waals surface area contributed by atoms with Gasteiger partial charge >= 0.3 is 0 Å². The van der Waals surface area contributed by atoms with Gasteiger partial charge < -0.3 is 10.2 Å². The van der Waals surface area contributed by atoms with Crippen molar-refractivity contribution in [2.75, 3.05) is 0 Å². The van der Waals surface area contributed by atoms with Gasteiger partial charge in [0.15, 0.2) is 0 Å². The Kier molecular flexibility index (Phi) is 2.65. The van der Waals surface area contributed by atoms with E-state index in [0.717, 1.165) is 10.9 Å². The summed E-state index contributed by atoms with van der Waals surface area (Å²) in [5.74, 6) is 0. The summed E-state index contributed by atoms with van der Waals surface area (Å²) in [6.45, 7) is 1.96. The van der Waals surface area contributed by atoms with E-state index in [1.165, 1.54) is 5.39 Å². The summed E-state index contributed by atoms with van der Waals surface area (Å²) in [5.41, 5.74) is 0.489. The molecule has 0 unspecified atom stereocenters. The van der Waals surface area contributed by atoms with Gasteiger partial charge in [0.1, 0.15) is 0 Å². The Morgan fingerprint density at radius 1 is 0.944 bits per heavy atom. The van der Waals surface area contributed by atoms with Gasteiger partial charge in [-0.1, -0.05) is 49.4 Å². The topological polar surface area (TPSA) is 40.5 Å². The molecule has 2 aromatic rings. The van der Waals surface area contributed by atoms with Crippen molar-refractivity contribution in [1.82, 2.24) is 0 Å². The van der Waals surface area contributed by atoms with E-state index in [9.17, 15) is 10.2 Å². The van der Waals surface area contributed by atoms with Crippen molar-refractivity contribution < 1.29 is 10.2 Å². The number of hydrogen-bond donors (Lipinski definition) is 2. The van der Waals surface area contributed by atoms with Crippen LogP contribution >= 0.6 is 0 Å². The van der Waals surface area contributed by atoms with Crippen molar-refractivity contribution in [3.05, 3.63) is 48.0 Å². The third-order valence-electron chi connectivity index (χ3n) is 4.47.